The maximum Gasteiger partial charge on any atom is 0.246 e. The third kappa shape index (κ3) is 3.99. The molecule has 0 aliphatic heterocycles. The van der Waals surface area contributed by atoms with Crippen LogP contribution in [0.2, 0.25) is 0 Å². The molecular weight excluding hydrogens is 264 g/mol. The first-order chi connectivity index (χ1) is 10.1. The minimum Gasteiger partial charge on any atom is -0.497 e. The van der Waals surface area contributed by atoms with Crippen molar-refractivity contribution in [3.8, 4) is 5.75 Å². The van der Waals surface area contributed by atoms with Gasteiger partial charge in [-0.25, -0.2) is 0 Å². The smallest absolute Gasteiger partial charge is 0.246 e. The van der Waals surface area contributed by atoms with E-state index in [2.05, 4.69) is 10.6 Å². The van der Waals surface area contributed by atoms with Crippen LogP contribution in [0.5, 0.6) is 5.75 Å². The van der Waals surface area contributed by atoms with Gasteiger partial charge in [-0.3, -0.25) is 4.79 Å². The van der Waals surface area contributed by atoms with E-state index in [0.29, 0.717) is 0 Å². The quantitative estimate of drug-likeness (QED) is 0.884. The van der Waals surface area contributed by atoms with Crippen LogP contribution in [-0.2, 0) is 4.79 Å². The molecule has 21 heavy (non-hydrogen) atoms. The van der Waals surface area contributed by atoms with E-state index in [1.165, 1.54) is 0 Å². The highest BCUT2D eigenvalue weighted by Gasteiger charge is 2.13. The molecule has 0 saturated carbocycles. The summed E-state index contributed by atoms with van der Waals surface area (Å²) in [6.07, 6.45) is 0. The second-order valence-electron chi connectivity index (χ2n) is 4.90. The zero-order chi connectivity index (χ0) is 15.2. The molecule has 2 aromatic rings. The minimum atomic E-state index is -0.326. The van der Waals surface area contributed by atoms with Crippen LogP contribution in [0, 0.1) is 6.92 Å². The van der Waals surface area contributed by atoms with Crippen molar-refractivity contribution >= 4 is 17.3 Å². The number of methoxy groups -OCH3 is 1. The number of hydrogen-bond donors (Lipinski definition) is 2. The molecule has 0 radical (unpaired) electrons. The fourth-order valence-electron chi connectivity index (χ4n) is 1.96. The molecular formula is C17H20N2O2. The Kier molecular flexibility index (Phi) is 4.82. The number of carbonyl (C=O) groups is 1. The summed E-state index contributed by atoms with van der Waals surface area (Å²) in [6.45, 7) is 3.85. The van der Waals surface area contributed by atoms with Gasteiger partial charge in [0.25, 0.3) is 0 Å². The van der Waals surface area contributed by atoms with E-state index < -0.39 is 0 Å². The Hall–Kier alpha value is -2.49. The normalized spacial score (nSPS) is 11.6. The molecule has 0 unspecified atom stereocenters. The van der Waals surface area contributed by atoms with Crippen LogP contribution in [-0.4, -0.2) is 19.1 Å². The molecule has 4 heteroatoms. The molecule has 0 saturated heterocycles. The lowest BCUT2D eigenvalue weighted by molar-refractivity contribution is -0.116. The summed E-state index contributed by atoms with van der Waals surface area (Å²) in [7, 11) is 1.61. The molecule has 110 valence electrons. The predicted octanol–water partition coefficient (Wildman–Crippen LogP) is 3.44. The molecule has 1 amide bonds. The van der Waals surface area contributed by atoms with Gasteiger partial charge in [-0.05, 0) is 49.7 Å². The minimum absolute atomic E-state index is 0.0802. The van der Waals surface area contributed by atoms with Gasteiger partial charge in [0.1, 0.15) is 11.8 Å². The van der Waals surface area contributed by atoms with Crippen molar-refractivity contribution < 1.29 is 9.53 Å². The topological polar surface area (TPSA) is 50.4 Å². The lowest BCUT2D eigenvalue weighted by atomic mass is 10.2. The number of carbonyl (C=O) groups excluding carboxylic acids is 1. The van der Waals surface area contributed by atoms with Gasteiger partial charge in [-0.15, -0.1) is 0 Å². The molecule has 0 aromatic heterocycles. The van der Waals surface area contributed by atoms with Crippen LogP contribution in [0.25, 0.3) is 0 Å². The number of rotatable bonds is 5. The van der Waals surface area contributed by atoms with Gasteiger partial charge in [0.2, 0.25) is 5.91 Å². The van der Waals surface area contributed by atoms with Gasteiger partial charge in [-0.1, -0.05) is 18.2 Å². The second kappa shape index (κ2) is 6.79. The number of aryl methyl sites for hydroxylation is 1. The molecule has 0 bridgehead atoms. The Morgan fingerprint density at radius 2 is 1.76 bits per heavy atom. The number of hydrogen-bond acceptors (Lipinski definition) is 3. The van der Waals surface area contributed by atoms with Gasteiger partial charge in [0.05, 0.1) is 7.11 Å². The van der Waals surface area contributed by atoms with Crippen LogP contribution in [0.15, 0.2) is 48.5 Å². The molecule has 0 heterocycles. The Morgan fingerprint density at radius 1 is 1.10 bits per heavy atom. The van der Waals surface area contributed by atoms with Gasteiger partial charge >= 0.3 is 0 Å². The second-order valence-corrected chi connectivity index (χ2v) is 4.90. The summed E-state index contributed by atoms with van der Waals surface area (Å²) in [4.78, 5) is 12.2. The highest BCUT2D eigenvalue weighted by Crippen LogP contribution is 2.17. The molecule has 1 atom stereocenters. The third-order valence-corrected chi connectivity index (χ3v) is 3.27. The van der Waals surface area contributed by atoms with Crippen molar-refractivity contribution in [2.45, 2.75) is 19.9 Å². The first-order valence-corrected chi connectivity index (χ1v) is 6.87. The monoisotopic (exact) mass is 284 g/mol. The molecule has 2 rings (SSSR count). The summed E-state index contributed by atoms with van der Waals surface area (Å²) in [5, 5.41) is 6.09. The third-order valence-electron chi connectivity index (χ3n) is 3.27. The van der Waals surface area contributed by atoms with Crippen molar-refractivity contribution in [2.75, 3.05) is 17.7 Å². The number of anilines is 2. The largest absolute Gasteiger partial charge is 0.497 e. The Bertz CT molecular complexity index is 608. The molecule has 0 aliphatic carbocycles. The molecule has 2 N–H and O–H groups in total. The lowest BCUT2D eigenvalue weighted by Crippen LogP contribution is -2.32. The molecule has 2 aromatic carbocycles. The Morgan fingerprint density at radius 3 is 2.38 bits per heavy atom. The van der Waals surface area contributed by atoms with Gasteiger partial charge in [0.15, 0.2) is 0 Å². The van der Waals surface area contributed by atoms with Gasteiger partial charge in [0, 0.05) is 11.4 Å². The molecule has 0 aliphatic rings. The molecule has 0 fully saturated rings. The van der Waals surface area contributed by atoms with Gasteiger partial charge in [-0.2, -0.15) is 0 Å². The van der Waals surface area contributed by atoms with Crippen molar-refractivity contribution in [2.24, 2.45) is 0 Å². The number of para-hydroxylation sites is 1. The highest BCUT2D eigenvalue weighted by molar-refractivity contribution is 5.96. The van der Waals surface area contributed by atoms with Crippen molar-refractivity contribution in [1.82, 2.24) is 0 Å². The van der Waals surface area contributed by atoms with Crippen molar-refractivity contribution in [1.29, 1.82) is 0 Å². The van der Waals surface area contributed by atoms with E-state index in [0.717, 1.165) is 22.7 Å². The number of amides is 1. The first kappa shape index (κ1) is 14.9. The summed E-state index contributed by atoms with van der Waals surface area (Å²) in [6, 6.07) is 14.8. The summed E-state index contributed by atoms with van der Waals surface area (Å²) in [5.41, 5.74) is 2.83. The van der Waals surface area contributed by atoms with Crippen LogP contribution in [0.1, 0.15) is 12.5 Å². The fourth-order valence-corrected chi connectivity index (χ4v) is 1.96. The molecule has 0 spiro atoms. The van der Waals surface area contributed by atoms with Crippen molar-refractivity contribution in [3.05, 3.63) is 54.1 Å². The Labute approximate surface area is 125 Å². The van der Waals surface area contributed by atoms with Crippen LogP contribution in [0.3, 0.4) is 0 Å². The van der Waals surface area contributed by atoms with E-state index in [-0.39, 0.29) is 11.9 Å². The maximum absolute atomic E-state index is 12.2. The predicted molar refractivity (Wildman–Crippen MR) is 85.9 cm³/mol. The standard InChI is InChI=1S/C17H20N2O2/c1-12-6-4-5-7-16(12)18-13(2)17(20)19-14-8-10-15(21-3)11-9-14/h4-11,13,18H,1-3H3,(H,19,20)/t13-/m0/s1. The fraction of sp³-hybridized carbons (Fsp3) is 0.235. The van der Waals surface area contributed by atoms with E-state index >= 15 is 0 Å². The highest BCUT2D eigenvalue weighted by atomic mass is 16.5. The summed E-state index contributed by atoms with van der Waals surface area (Å²) < 4.78 is 5.09. The van der Waals surface area contributed by atoms with E-state index in [1.807, 2.05) is 62.4 Å². The van der Waals surface area contributed by atoms with Crippen LogP contribution >= 0.6 is 0 Å². The van der Waals surface area contributed by atoms with Crippen LogP contribution < -0.4 is 15.4 Å². The number of nitrogens with one attached hydrogen (secondary N) is 2. The zero-order valence-electron chi connectivity index (χ0n) is 12.5. The zero-order valence-corrected chi connectivity index (χ0v) is 12.5. The number of benzene rings is 2. The average molecular weight is 284 g/mol. The molecule has 4 nitrogen and oxygen atoms in total. The van der Waals surface area contributed by atoms with E-state index in [1.54, 1.807) is 7.11 Å². The summed E-state index contributed by atoms with van der Waals surface area (Å²) in [5.74, 6) is 0.683. The Balaban J connectivity index is 1.97. The van der Waals surface area contributed by atoms with E-state index in [9.17, 15) is 4.79 Å². The average Bonchev–Trinajstić information content (AvgIpc) is 2.50. The summed E-state index contributed by atoms with van der Waals surface area (Å²) >= 11 is 0. The first-order valence-electron chi connectivity index (χ1n) is 6.87. The maximum atomic E-state index is 12.2. The van der Waals surface area contributed by atoms with E-state index in [4.69, 9.17) is 4.74 Å². The lowest BCUT2D eigenvalue weighted by Gasteiger charge is -2.17. The van der Waals surface area contributed by atoms with Crippen molar-refractivity contribution in [3.63, 3.8) is 0 Å². The number of ether oxygens (including phenoxy) is 1. The SMILES string of the molecule is COc1ccc(NC(=O)[C@H](C)Nc2ccccc2C)cc1. The van der Waals surface area contributed by atoms with Gasteiger partial charge < -0.3 is 15.4 Å². The van der Waals surface area contributed by atoms with Crippen LogP contribution in [0.4, 0.5) is 11.4 Å².